The molecule has 1 aromatic heterocycles. The zero-order valence-corrected chi connectivity index (χ0v) is 11.5. The van der Waals surface area contributed by atoms with Gasteiger partial charge in [0.05, 0.1) is 5.69 Å². The lowest BCUT2D eigenvalue weighted by atomic mass is 10.1. The molecule has 3 nitrogen and oxygen atoms in total. The highest BCUT2D eigenvalue weighted by Crippen LogP contribution is 2.23. The van der Waals surface area contributed by atoms with Crippen LogP contribution < -0.4 is 5.32 Å². The van der Waals surface area contributed by atoms with Gasteiger partial charge in [-0.1, -0.05) is 24.6 Å². The summed E-state index contributed by atoms with van der Waals surface area (Å²) in [5, 5.41) is 8.57. The van der Waals surface area contributed by atoms with Crippen LogP contribution in [0, 0.1) is 0 Å². The van der Waals surface area contributed by atoms with Crippen molar-refractivity contribution in [2.45, 2.75) is 19.9 Å². The third-order valence-corrected chi connectivity index (χ3v) is 3.17. The zero-order valence-electron chi connectivity index (χ0n) is 10.8. The molecule has 4 heteroatoms. The Morgan fingerprint density at radius 3 is 2.83 bits per heavy atom. The highest BCUT2D eigenvalue weighted by Gasteiger charge is 2.05. The Hall–Kier alpha value is -1.32. The number of nitrogens with one attached hydrogen (secondary N) is 1. The van der Waals surface area contributed by atoms with E-state index >= 15 is 0 Å². The van der Waals surface area contributed by atoms with Crippen LogP contribution in [0.1, 0.15) is 18.9 Å². The van der Waals surface area contributed by atoms with E-state index in [1.54, 1.807) is 4.68 Å². The molecule has 96 valence electrons. The van der Waals surface area contributed by atoms with Crippen LogP contribution in [-0.2, 0) is 13.6 Å². The van der Waals surface area contributed by atoms with E-state index in [0.717, 1.165) is 41.4 Å². The standard InChI is InChI=1S/C14H18ClN3/c1-3-7-16-10-12-9-11(4-5-13(12)15)14-6-8-18(2)17-14/h4-6,8-9,16H,3,7,10H2,1-2H3. The quantitative estimate of drug-likeness (QED) is 0.840. The molecule has 0 aliphatic rings. The predicted molar refractivity (Wildman–Crippen MR) is 75.7 cm³/mol. The van der Waals surface area contributed by atoms with Crippen molar-refractivity contribution in [3.8, 4) is 11.3 Å². The third-order valence-electron chi connectivity index (χ3n) is 2.80. The van der Waals surface area contributed by atoms with Crippen LogP contribution in [0.3, 0.4) is 0 Å². The molecule has 1 N–H and O–H groups in total. The molecule has 0 aliphatic heterocycles. The average molecular weight is 264 g/mol. The Balaban J connectivity index is 2.20. The van der Waals surface area contributed by atoms with Crippen LogP contribution in [0.2, 0.25) is 5.02 Å². The predicted octanol–water partition coefficient (Wildman–Crippen LogP) is 3.24. The van der Waals surface area contributed by atoms with Crippen LogP contribution in [0.25, 0.3) is 11.3 Å². The number of nitrogens with zero attached hydrogens (tertiary/aromatic N) is 2. The molecular formula is C14H18ClN3. The van der Waals surface area contributed by atoms with E-state index in [-0.39, 0.29) is 0 Å². The minimum Gasteiger partial charge on any atom is -0.313 e. The lowest BCUT2D eigenvalue weighted by Crippen LogP contribution is -2.14. The monoisotopic (exact) mass is 263 g/mol. The van der Waals surface area contributed by atoms with Crippen LogP contribution in [0.4, 0.5) is 0 Å². The molecule has 18 heavy (non-hydrogen) atoms. The minimum absolute atomic E-state index is 0.799. The van der Waals surface area contributed by atoms with Crippen molar-refractivity contribution in [1.29, 1.82) is 0 Å². The summed E-state index contributed by atoms with van der Waals surface area (Å²) in [6, 6.07) is 8.06. The normalized spacial score (nSPS) is 10.8. The SMILES string of the molecule is CCCNCc1cc(-c2ccn(C)n2)ccc1Cl. The summed E-state index contributed by atoms with van der Waals surface area (Å²) in [5.41, 5.74) is 3.20. The molecule has 2 aromatic rings. The third kappa shape index (κ3) is 3.12. The van der Waals surface area contributed by atoms with Crippen molar-refractivity contribution in [2.75, 3.05) is 6.54 Å². The Morgan fingerprint density at radius 2 is 2.17 bits per heavy atom. The van der Waals surface area contributed by atoms with Gasteiger partial charge in [-0.05, 0) is 36.7 Å². The molecule has 0 fully saturated rings. The Morgan fingerprint density at radius 1 is 1.33 bits per heavy atom. The summed E-state index contributed by atoms with van der Waals surface area (Å²) in [7, 11) is 1.92. The average Bonchev–Trinajstić information content (AvgIpc) is 2.78. The number of rotatable bonds is 5. The fourth-order valence-corrected chi connectivity index (χ4v) is 2.02. The van der Waals surface area contributed by atoms with Gasteiger partial charge in [0.2, 0.25) is 0 Å². The van der Waals surface area contributed by atoms with Gasteiger partial charge < -0.3 is 5.32 Å². The van der Waals surface area contributed by atoms with Crippen LogP contribution in [0.5, 0.6) is 0 Å². The second-order valence-corrected chi connectivity index (χ2v) is 4.76. The van der Waals surface area contributed by atoms with Gasteiger partial charge in [-0.3, -0.25) is 4.68 Å². The van der Waals surface area contributed by atoms with Gasteiger partial charge in [-0.15, -0.1) is 0 Å². The van der Waals surface area contributed by atoms with Crippen LogP contribution in [-0.4, -0.2) is 16.3 Å². The molecule has 0 radical (unpaired) electrons. The maximum absolute atomic E-state index is 6.20. The van der Waals surface area contributed by atoms with Gasteiger partial charge in [0.25, 0.3) is 0 Å². The minimum atomic E-state index is 0.799. The highest BCUT2D eigenvalue weighted by atomic mass is 35.5. The molecule has 1 heterocycles. The maximum Gasteiger partial charge on any atom is 0.0923 e. The first-order chi connectivity index (χ1) is 8.70. The summed E-state index contributed by atoms with van der Waals surface area (Å²) in [4.78, 5) is 0. The first-order valence-electron chi connectivity index (χ1n) is 6.20. The van der Waals surface area contributed by atoms with E-state index in [9.17, 15) is 0 Å². The summed E-state index contributed by atoms with van der Waals surface area (Å²) < 4.78 is 1.80. The van der Waals surface area contributed by atoms with E-state index in [2.05, 4.69) is 23.4 Å². The number of aromatic nitrogens is 2. The first kappa shape index (κ1) is 13.1. The molecule has 0 saturated heterocycles. The van der Waals surface area contributed by atoms with E-state index in [0.29, 0.717) is 0 Å². The zero-order chi connectivity index (χ0) is 13.0. The van der Waals surface area contributed by atoms with Gasteiger partial charge in [-0.25, -0.2) is 0 Å². The fourth-order valence-electron chi connectivity index (χ4n) is 1.84. The van der Waals surface area contributed by atoms with Gasteiger partial charge in [0.1, 0.15) is 0 Å². The van der Waals surface area contributed by atoms with E-state index in [1.807, 2.05) is 31.4 Å². The van der Waals surface area contributed by atoms with E-state index in [4.69, 9.17) is 11.6 Å². The summed E-state index contributed by atoms with van der Waals surface area (Å²) >= 11 is 6.20. The van der Waals surface area contributed by atoms with Crippen molar-refractivity contribution >= 4 is 11.6 Å². The number of halogens is 1. The molecule has 0 aliphatic carbocycles. The Kier molecular flexibility index (Phi) is 4.39. The largest absolute Gasteiger partial charge is 0.313 e. The summed E-state index contributed by atoms with van der Waals surface area (Å²) in [6.07, 6.45) is 3.07. The van der Waals surface area contributed by atoms with Crippen molar-refractivity contribution in [2.24, 2.45) is 7.05 Å². The summed E-state index contributed by atoms with van der Waals surface area (Å²) in [5.74, 6) is 0. The molecule has 2 rings (SSSR count). The Labute approximate surface area is 113 Å². The molecule has 0 unspecified atom stereocenters. The number of hydrogen-bond donors (Lipinski definition) is 1. The van der Waals surface area contributed by atoms with Gasteiger partial charge >= 0.3 is 0 Å². The number of aryl methyl sites for hydroxylation is 1. The first-order valence-corrected chi connectivity index (χ1v) is 6.57. The van der Waals surface area contributed by atoms with Crippen molar-refractivity contribution in [1.82, 2.24) is 15.1 Å². The molecule has 0 saturated carbocycles. The van der Waals surface area contributed by atoms with Gasteiger partial charge in [0, 0.05) is 30.4 Å². The van der Waals surface area contributed by atoms with E-state index in [1.165, 1.54) is 0 Å². The second kappa shape index (κ2) is 6.03. The molecule has 1 aromatic carbocycles. The number of benzene rings is 1. The van der Waals surface area contributed by atoms with Crippen molar-refractivity contribution in [3.63, 3.8) is 0 Å². The lowest BCUT2D eigenvalue weighted by Gasteiger charge is -2.07. The summed E-state index contributed by atoms with van der Waals surface area (Å²) in [6.45, 7) is 3.95. The van der Waals surface area contributed by atoms with Gasteiger partial charge in [-0.2, -0.15) is 5.10 Å². The Bertz CT molecular complexity index is 520. The van der Waals surface area contributed by atoms with E-state index < -0.39 is 0 Å². The molecule has 0 spiro atoms. The van der Waals surface area contributed by atoms with Crippen LogP contribution >= 0.6 is 11.6 Å². The fraction of sp³-hybridized carbons (Fsp3) is 0.357. The second-order valence-electron chi connectivity index (χ2n) is 4.36. The maximum atomic E-state index is 6.20. The topological polar surface area (TPSA) is 29.9 Å². The lowest BCUT2D eigenvalue weighted by molar-refractivity contribution is 0.675. The molecule has 0 amide bonds. The smallest absolute Gasteiger partial charge is 0.0923 e. The molecule has 0 bridgehead atoms. The van der Waals surface area contributed by atoms with Crippen molar-refractivity contribution in [3.05, 3.63) is 41.0 Å². The number of hydrogen-bond acceptors (Lipinski definition) is 2. The van der Waals surface area contributed by atoms with Gasteiger partial charge in [0.15, 0.2) is 0 Å². The van der Waals surface area contributed by atoms with Crippen molar-refractivity contribution < 1.29 is 0 Å². The molecule has 0 atom stereocenters. The molecular weight excluding hydrogens is 246 g/mol. The highest BCUT2D eigenvalue weighted by molar-refractivity contribution is 6.31. The van der Waals surface area contributed by atoms with Crippen LogP contribution in [0.15, 0.2) is 30.5 Å².